The van der Waals surface area contributed by atoms with Crippen molar-refractivity contribution in [1.29, 1.82) is 0 Å². The van der Waals surface area contributed by atoms with Crippen LogP contribution in [-0.2, 0) is 14.3 Å². The third kappa shape index (κ3) is 5.76. The summed E-state index contributed by atoms with van der Waals surface area (Å²) in [5.41, 5.74) is 0. The molecule has 3 nitrogen and oxygen atoms in total. The maximum atomic E-state index is 11.9. The fraction of sp³-hybridized carbons (Fsp3) is 0.800. The quantitative estimate of drug-likeness (QED) is 0.308. The molecule has 0 aliphatic rings. The van der Waals surface area contributed by atoms with Gasteiger partial charge in [0.05, 0.1) is 17.5 Å². The van der Waals surface area contributed by atoms with Gasteiger partial charge < -0.3 is 9.47 Å². The van der Waals surface area contributed by atoms with Crippen LogP contribution in [-0.4, -0.2) is 27.8 Å². The summed E-state index contributed by atoms with van der Waals surface area (Å²) in [6, 6.07) is 0. The fourth-order valence-corrected chi connectivity index (χ4v) is 2.38. The monoisotopic (exact) mass is 412 g/mol. The van der Waals surface area contributed by atoms with E-state index in [9.17, 15) is 4.79 Å². The Morgan fingerprint density at radius 1 is 1.20 bits per heavy atom. The van der Waals surface area contributed by atoms with E-state index >= 15 is 0 Å². The zero-order valence-electron chi connectivity index (χ0n) is 13.1. The van der Waals surface area contributed by atoms with E-state index < -0.39 is 4.32 Å². The van der Waals surface area contributed by atoms with Crippen molar-refractivity contribution in [1.82, 2.24) is 0 Å². The summed E-state index contributed by atoms with van der Waals surface area (Å²) >= 11 is 7.16. The van der Waals surface area contributed by atoms with Crippen LogP contribution >= 0.6 is 31.9 Å². The third-order valence-corrected chi connectivity index (χ3v) is 5.49. The minimum Gasteiger partial charge on any atom is -0.497 e. The molecule has 118 valence electrons. The Hall–Kier alpha value is -0.0300. The van der Waals surface area contributed by atoms with Crippen molar-refractivity contribution in [2.24, 2.45) is 5.92 Å². The molecule has 0 saturated heterocycles. The van der Waals surface area contributed by atoms with Gasteiger partial charge in [-0.1, -0.05) is 45.4 Å². The smallest absolute Gasteiger partial charge is 0.322 e. The number of rotatable bonds is 9. The topological polar surface area (TPSA) is 35.5 Å². The molecule has 0 amide bonds. The number of hydrogen-bond donors (Lipinski definition) is 0. The van der Waals surface area contributed by atoms with Gasteiger partial charge >= 0.3 is 5.97 Å². The van der Waals surface area contributed by atoms with Crippen molar-refractivity contribution in [2.45, 2.75) is 56.1 Å². The molecule has 0 aliphatic heterocycles. The van der Waals surface area contributed by atoms with Gasteiger partial charge in [0.15, 0.2) is 0 Å². The maximum absolute atomic E-state index is 11.9. The van der Waals surface area contributed by atoms with Crippen LogP contribution in [0, 0.1) is 5.92 Å². The highest BCUT2D eigenvalue weighted by Crippen LogP contribution is 2.38. The first-order valence-electron chi connectivity index (χ1n) is 6.96. The number of esters is 1. The molecule has 0 radical (unpaired) electrons. The SMILES string of the molecule is C=C(OCC)C(C)(Br)CCC(C)C(C)(Br)C(=O)OCC. The molecule has 0 fully saturated rings. The molecule has 0 aromatic rings. The Bertz CT molecular complexity index is 338. The predicted molar refractivity (Wildman–Crippen MR) is 90.5 cm³/mol. The van der Waals surface area contributed by atoms with Gasteiger partial charge in [0.25, 0.3) is 0 Å². The van der Waals surface area contributed by atoms with E-state index in [2.05, 4.69) is 38.4 Å². The second-order valence-corrected chi connectivity index (χ2v) is 8.69. The van der Waals surface area contributed by atoms with Gasteiger partial charge in [-0.25, -0.2) is 0 Å². The number of carbonyl (C=O) groups excluding carboxylic acids is 1. The van der Waals surface area contributed by atoms with Crippen molar-refractivity contribution in [3.8, 4) is 0 Å². The second-order valence-electron chi connectivity index (χ2n) is 5.29. The summed E-state index contributed by atoms with van der Waals surface area (Å²) in [4.78, 5) is 11.9. The molecule has 3 atom stereocenters. The Morgan fingerprint density at radius 2 is 1.70 bits per heavy atom. The molecule has 0 aromatic heterocycles. The number of allylic oxidation sites excluding steroid dienone is 1. The minimum absolute atomic E-state index is 0.132. The van der Waals surface area contributed by atoms with E-state index in [-0.39, 0.29) is 16.2 Å². The summed E-state index contributed by atoms with van der Waals surface area (Å²) in [6.07, 6.45) is 1.67. The highest BCUT2D eigenvalue weighted by Gasteiger charge is 2.39. The molecule has 0 aromatic carbocycles. The van der Waals surface area contributed by atoms with Crippen LogP contribution in [0.25, 0.3) is 0 Å². The molecule has 0 aliphatic carbocycles. The molecule has 20 heavy (non-hydrogen) atoms. The number of halogens is 2. The van der Waals surface area contributed by atoms with Gasteiger partial charge in [-0.2, -0.15) is 0 Å². The maximum Gasteiger partial charge on any atom is 0.322 e. The van der Waals surface area contributed by atoms with Crippen LogP contribution in [0.2, 0.25) is 0 Å². The highest BCUT2D eigenvalue weighted by molar-refractivity contribution is 9.10. The molecule has 5 heteroatoms. The van der Waals surface area contributed by atoms with Crippen LogP contribution in [0.15, 0.2) is 12.3 Å². The average Bonchev–Trinajstić information content (AvgIpc) is 2.36. The highest BCUT2D eigenvalue weighted by atomic mass is 79.9. The molecule has 0 bridgehead atoms. The summed E-state index contributed by atoms with van der Waals surface area (Å²) in [5.74, 6) is 0.639. The Balaban J connectivity index is 4.57. The van der Waals surface area contributed by atoms with E-state index in [1.54, 1.807) is 0 Å². The first-order chi connectivity index (χ1) is 9.09. The predicted octanol–water partition coefficient (Wildman–Crippen LogP) is 4.82. The molecule has 0 saturated carbocycles. The second kappa shape index (κ2) is 8.42. The summed E-state index contributed by atoms with van der Waals surface area (Å²) < 4.78 is 9.62. The minimum atomic E-state index is -0.668. The van der Waals surface area contributed by atoms with Gasteiger partial charge in [0, 0.05) is 0 Å². The van der Waals surface area contributed by atoms with Crippen LogP contribution in [0.1, 0.15) is 47.5 Å². The van der Waals surface area contributed by atoms with E-state index in [0.717, 1.165) is 18.6 Å². The molecule has 0 N–H and O–H groups in total. The Kier molecular flexibility index (Phi) is 8.41. The van der Waals surface area contributed by atoms with Gasteiger partial charge in [0.2, 0.25) is 0 Å². The number of alkyl halides is 2. The fourth-order valence-electron chi connectivity index (χ4n) is 1.70. The lowest BCUT2D eigenvalue weighted by molar-refractivity contribution is -0.146. The average molecular weight is 414 g/mol. The molecule has 0 spiro atoms. The molecular weight excluding hydrogens is 388 g/mol. The first kappa shape index (κ1) is 20.0. The Labute approximate surface area is 139 Å². The van der Waals surface area contributed by atoms with Crippen molar-refractivity contribution in [3.63, 3.8) is 0 Å². The van der Waals surface area contributed by atoms with Crippen LogP contribution in [0.4, 0.5) is 0 Å². The van der Waals surface area contributed by atoms with Crippen molar-refractivity contribution in [2.75, 3.05) is 13.2 Å². The van der Waals surface area contributed by atoms with Crippen LogP contribution < -0.4 is 0 Å². The van der Waals surface area contributed by atoms with Crippen molar-refractivity contribution in [3.05, 3.63) is 12.3 Å². The van der Waals surface area contributed by atoms with Gasteiger partial charge in [0.1, 0.15) is 10.1 Å². The summed E-state index contributed by atoms with van der Waals surface area (Å²) in [7, 11) is 0. The summed E-state index contributed by atoms with van der Waals surface area (Å²) in [5, 5.41) is 0. The van der Waals surface area contributed by atoms with Crippen molar-refractivity contribution < 1.29 is 14.3 Å². The number of carbonyl (C=O) groups is 1. The Morgan fingerprint density at radius 3 is 2.15 bits per heavy atom. The van der Waals surface area contributed by atoms with Gasteiger partial charge in [-0.3, -0.25) is 4.79 Å². The van der Waals surface area contributed by atoms with E-state index in [4.69, 9.17) is 9.47 Å². The summed E-state index contributed by atoms with van der Waals surface area (Å²) in [6.45, 7) is 14.6. The van der Waals surface area contributed by atoms with Crippen LogP contribution in [0.5, 0.6) is 0 Å². The van der Waals surface area contributed by atoms with E-state index in [1.165, 1.54) is 0 Å². The lowest BCUT2D eigenvalue weighted by atomic mass is 9.88. The van der Waals surface area contributed by atoms with Crippen LogP contribution in [0.3, 0.4) is 0 Å². The first-order valence-corrected chi connectivity index (χ1v) is 8.55. The zero-order valence-corrected chi connectivity index (χ0v) is 16.3. The molecule has 3 unspecified atom stereocenters. The molecule has 0 rings (SSSR count). The third-order valence-electron chi connectivity index (χ3n) is 3.55. The lowest BCUT2D eigenvalue weighted by Gasteiger charge is -2.31. The number of hydrogen-bond acceptors (Lipinski definition) is 3. The number of ether oxygens (including phenoxy) is 2. The standard InChI is InChI=1S/C15H26Br2O3/c1-7-19-12(4)14(5,16)10-9-11(3)15(6,17)13(18)20-8-2/h11H,4,7-10H2,1-3,5-6H3. The van der Waals surface area contributed by atoms with Gasteiger partial charge in [-0.05, 0) is 46.5 Å². The largest absolute Gasteiger partial charge is 0.497 e. The normalized spacial score (nSPS) is 18.6. The molecular formula is C15H26Br2O3. The zero-order chi connectivity index (χ0) is 16.0. The molecule has 0 heterocycles. The van der Waals surface area contributed by atoms with E-state index in [0.29, 0.717) is 13.2 Å². The lowest BCUT2D eigenvalue weighted by Crippen LogP contribution is -2.38. The van der Waals surface area contributed by atoms with Crippen molar-refractivity contribution >= 4 is 37.8 Å². The van der Waals surface area contributed by atoms with E-state index in [1.807, 2.05) is 34.6 Å². The van der Waals surface area contributed by atoms with Gasteiger partial charge in [-0.15, -0.1) is 0 Å².